The lowest BCUT2D eigenvalue weighted by Gasteiger charge is -2.13. The van der Waals surface area contributed by atoms with Crippen LogP contribution in [0.15, 0.2) is 24.4 Å². The minimum Gasteiger partial charge on any atom is -0.304 e. The van der Waals surface area contributed by atoms with Gasteiger partial charge in [0.1, 0.15) is 0 Å². The third-order valence-corrected chi connectivity index (χ3v) is 4.18. The predicted molar refractivity (Wildman–Crippen MR) is 72.2 cm³/mol. The van der Waals surface area contributed by atoms with Crippen molar-refractivity contribution in [2.45, 2.75) is 32.9 Å². The molecule has 17 heavy (non-hydrogen) atoms. The molecule has 2 rings (SSSR count). The zero-order valence-corrected chi connectivity index (χ0v) is 11.4. The number of nitrogens with zero attached hydrogens (tertiary/aromatic N) is 2. The van der Waals surface area contributed by atoms with Gasteiger partial charge in [0.2, 0.25) is 0 Å². The van der Waals surface area contributed by atoms with Crippen LogP contribution in [-0.4, -0.2) is 9.78 Å². The van der Waals surface area contributed by atoms with E-state index in [0.717, 1.165) is 13.0 Å². The molecule has 0 aliphatic heterocycles. The van der Waals surface area contributed by atoms with Crippen molar-refractivity contribution in [3.8, 4) is 0 Å². The molecule has 0 saturated heterocycles. The first-order valence-electron chi connectivity index (χ1n) is 5.99. The highest BCUT2D eigenvalue weighted by atomic mass is 32.1. The molecule has 1 N–H and O–H groups in total. The van der Waals surface area contributed by atoms with Crippen LogP contribution in [-0.2, 0) is 20.0 Å². The maximum absolute atomic E-state index is 4.19. The molecule has 0 aromatic carbocycles. The van der Waals surface area contributed by atoms with Gasteiger partial charge < -0.3 is 5.32 Å². The molecule has 0 aliphatic rings. The van der Waals surface area contributed by atoms with E-state index in [9.17, 15) is 0 Å². The van der Waals surface area contributed by atoms with Gasteiger partial charge >= 0.3 is 0 Å². The quantitative estimate of drug-likeness (QED) is 0.883. The standard InChI is InChI=1S/C13H19N3S/c1-4-11-5-6-12(17-11)9-14-10(2)13-7-8-15-16(13)3/h5-8,10,14H,4,9H2,1-3H3. The van der Waals surface area contributed by atoms with Crippen LogP contribution < -0.4 is 5.32 Å². The van der Waals surface area contributed by atoms with Gasteiger partial charge in [-0.05, 0) is 31.5 Å². The van der Waals surface area contributed by atoms with Crippen molar-refractivity contribution in [2.24, 2.45) is 7.05 Å². The Morgan fingerprint density at radius 3 is 2.71 bits per heavy atom. The fourth-order valence-corrected chi connectivity index (χ4v) is 2.78. The maximum atomic E-state index is 4.19. The van der Waals surface area contributed by atoms with E-state index in [-0.39, 0.29) is 0 Å². The van der Waals surface area contributed by atoms with Crippen molar-refractivity contribution in [1.82, 2.24) is 15.1 Å². The topological polar surface area (TPSA) is 29.9 Å². The van der Waals surface area contributed by atoms with Crippen LogP contribution in [0.4, 0.5) is 0 Å². The average Bonchev–Trinajstić information content (AvgIpc) is 2.94. The summed E-state index contributed by atoms with van der Waals surface area (Å²) in [6.45, 7) is 5.30. The second-order valence-electron chi connectivity index (χ2n) is 4.20. The van der Waals surface area contributed by atoms with Crippen LogP contribution in [0, 0.1) is 0 Å². The van der Waals surface area contributed by atoms with E-state index < -0.39 is 0 Å². The Balaban J connectivity index is 1.92. The van der Waals surface area contributed by atoms with Crippen LogP contribution >= 0.6 is 11.3 Å². The van der Waals surface area contributed by atoms with Gasteiger partial charge in [0.15, 0.2) is 0 Å². The summed E-state index contributed by atoms with van der Waals surface area (Å²) in [6.07, 6.45) is 2.97. The van der Waals surface area contributed by atoms with Gasteiger partial charge in [0, 0.05) is 35.6 Å². The van der Waals surface area contributed by atoms with Crippen LogP contribution in [0.5, 0.6) is 0 Å². The van der Waals surface area contributed by atoms with Crippen molar-refractivity contribution < 1.29 is 0 Å². The van der Waals surface area contributed by atoms with Crippen molar-refractivity contribution in [1.29, 1.82) is 0 Å². The lowest BCUT2D eigenvalue weighted by atomic mass is 10.2. The molecule has 2 aromatic rings. The zero-order valence-electron chi connectivity index (χ0n) is 10.6. The molecule has 1 atom stereocenters. The molecular formula is C13H19N3S. The summed E-state index contributed by atoms with van der Waals surface area (Å²) in [5.41, 5.74) is 1.22. The van der Waals surface area contributed by atoms with E-state index in [1.807, 2.05) is 29.3 Å². The zero-order chi connectivity index (χ0) is 12.3. The molecule has 2 aromatic heterocycles. The SMILES string of the molecule is CCc1ccc(CNC(C)c2ccnn2C)s1. The summed E-state index contributed by atoms with van der Waals surface area (Å²) >= 11 is 1.89. The monoisotopic (exact) mass is 249 g/mol. The van der Waals surface area contributed by atoms with Gasteiger partial charge in [-0.15, -0.1) is 11.3 Å². The van der Waals surface area contributed by atoms with Gasteiger partial charge in [-0.2, -0.15) is 5.10 Å². The van der Waals surface area contributed by atoms with Gasteiger partial charge in [-0.1, -0.05) is 6.92 Å². The number of rotatable bonds is 5. The summed E-state index contributed by atoms with van der Waals surface area (Å²) in [4.78, 5) is 2.85. The van der Waals surface area contributed by atoms with Crippen LogP contribution in [0.25, 0.3) is 0 Å². The number of hydrogen-bond acceptors (Lipinski definition) is 3. The Hall–Kier alpha value is -1.13. The van der Waals surface area contributed by atoms with Gasteiger partial charge in [-0.3, -0.25) is 4.68 Å². The number of hydrogen-bond donors (Lipinski definition) is 1. The summed E-state index contributed by atoms with van der Waals surface area (Å²) in [6, 6.07) is 6.82. The third kappa shape index (κ3) is 2.96. The molecular weight excluding hydrogens is 230 g/mol. The van der Waals surface area contributed by atoms with E-state index in [4.69, 9.17) is 0 Å². The fraction of sp³-hybridized carbons (Fsp3) is 0.462. The minimum absolute atomic E-state index is 0.328. The smallest absolute Gasteiger partial charge is 0.0547 e. The Morgan fingerprint density at radius 2 is 2.12 bits per heavy atom. The Bertz CT molecular complexity index is 472. The van der Waals surface area contributed by atoms with Gasteiger partial charge in [0.05, 0.1) is 5.69 Å². The lowest BCUT2D eigenvalue weighted by Crippen LogP contribution is -2.19. The number of aromatic nitrogens is 2. The number of thiophene rings is 1. The Morgan fingerprint density at radius 1 is 1.35 bits per heavy atom. The first-order valence-corrected chi connectivity index (χ1v) is 6.81. The average molecular weight is 249 g/mol. The molecule has 0 spiro atoms. The Kier molecular flexibility index (Phi) is 3.97. The Labute approximate surface area is 106 Å². The molecule has 3 nitrogen and oxygen atoms in total. The highest BCUT2D eigenvalue weighted by Crippen LogP contribution is 2.18. The van der Waals surface area contributed by atoms with Crippen molar-refractivity contribution in [3.05, 3.63) is 39.8 Å². The van der Waals surface area contributed by atoms with Crippen LogP contribution in [0.3, 0.4) is 0 Å². The molecule has 4 heteroatoms. The van der Waals surface area contributed by atoms with Gasteiger partial charge in [-0.25, -0.2) is 0 Å². The number of aryl methyl sites for hydroxylation is 2. The molecule has 0 fully saturated rings. The van der Waals surface area contributed by atoms with Crippen LogP contribution in [0.1, 0.15) is 35.3 Å². The van der Waals surface area contributed by atoms with E-state index in [1.54, 1.807) is 0 Å². The van der Waals surface area contributed by atoms with E-state index in [0.29, 0.717) is 6.04 Å². The molecule has 0 aliphatic carbocycles. The first kappa shape index (κ1) is 12.3. The van der Waals surface area contributed by atoms with E-state index in [2.05, 4.69) is 42.5 Å². The van der Waals surface area contributed by atoms with E-state index in [1.165, 1.54) is 15.4 Å². The molecule has 92 valence electrons. The second-order valence-corrected chi connectivity index (χ2v) is 5.46. The predicted octanol–water partition coefficient (Wildman–Crippen LogP) is 2.89. The highest BCUT2D eigenvalue weighted by molar-refractivity contribution is 7.11. The summed E-state index contributed by atoms with van der Waals surface area (Å²) in [5, 5.41) is 7.72. The molecule has 1 unspecified atom stereocenters. The second kappa shape index (κ2) is 5.47. The molecule has 2 heterocycles. The van der Waals surface area contributed by atoms with Gasteiger partial charge in [0.25, 0.3) is 0 Å². The normalized spacial score (nSPS) is 12.9. The molecule has 0 radical (unpaired) electrons. The summed E-state index contributed by atoms with van der Waals surface area (Å²) < 4.78 is 1.92. The highest BCUT2D eigenvalue weighted by Gasteiger charge is 2.09. The molecule has 0 saturated carbocycles. The molecule has 0 bridgehead atoms. The largest absolute Gasteiger partial charge is 0.304 e. The van der Waals surface area contributed by atoms with Crippen molar-refractivity contribution in [2.75, 3.05) is 0 Å². The molecule has 0 amide bonds. The number of nitrogens with one attached hydrogen (secondary N) is 1. The maximum Gasteiger partial charge on any atom is 0.0547 e. The van der Waals surface area contributed by atoms with Crippen molar-refractivity contribution in [3.63, 3.8) is 0 Å². The summed E-state index contributed by atoms with van der Waals surface area (Å²) in [5.74, 6) is 0. The fourth-order valence-electron chi connectivity index (χ4n) is 1.87. The minimum atomic E-state index is 0.328. The van der Waals surface area contributed by atoms with Crippen LogP contribution in [0.2, 0.25) is 0 Å². The third-order valence-electron chi connectivity index (χ3n) is 2.95. The first-order chi connectivity index (χ1) is 8.20. The van der Waals surface area contributed by atoms with Crippen molar-refractivity contribution >= 4 is 11.3 Å². The lowest BCUT2D eigenvalue weighted by molar-refractivity contribution is 0.532. The van der Waals surface area contributed by atoms with E-state index >= 15 is 0 Å². The summed E-state index contributed by atoms with van der Waals surface area (Å²) in [7, 11) is 1.98.